The molecule has 0 saturated heterocycles. The van der Waals surface area contributed by atoms with Crippen LogP contribution in [0, 0.1) is 5.82 Å². The first-order valence-electron chi connectivity index (χ1n) is 9.38. The summed E-state index contributed by atoms with van der Waals surface area (Å²) in [6.07, 6.45) is 2.76. The maximum absolute atomic E-state index is 13.4. The van der Waals surface area contributed by atoms with Crippen LogP contribution in [0.4, 0.5) is 9.18 Å². The molecule has 0 radical (unpaired) electrons. The zero-order valence-electron chi connectivity index (χ0n) is 16.8. The minimum atomic E-state index is -0.591. The molecule has 28 heavy (non-hydrogen) atoms. The topological polar surface area (TPSA) is 67.9 Å². The predicted octanol–water partition coefficient (Wildman–Crippen LogP) is 4.15. The van der Waals surface area contributed by atoms with Gasteiger partial charge in [0.15, 0.2) is 6.61 Å². The Morgan fingerprint density at radius 3 is 2.46 bits per heavy atom. The number of nitrogens with zero attached hydrogens (tertiary/aromatic N) is 1. The van der Waals surface area contributed by atoms with Crippen molar-refractivity contribution < 1.29 is 23.5 Å². The molecule has 8 heteroatoms. The van der Waals surface area contributed by atoms with Crippen molar-refractivity contribution in [2.24, 2.45) is 0 Å². The Hall–Kier alpha value is -2.02. The van der Waals surface area contributed by atoms with Gasteiger partial charge in [-0.3, -0.25) is 4.79 Å². The van der Waals surface area contributed by atoms with Crippen molar-refractivity contribution in [3.8, 4) is 5.75 Å². The van der Waals surface area contributed by atoms with Gasteiger partial charge in [-0.2, -0.15) is 0 Å². The molecular formula is C20H28ClFN2O4. The van der Waals surface area contributed by atoms with Gasteiger partial charge >= 0.3 is 6.09 Å². The zero-order chi connectivity index (χ0) is 20.9. The van der Waals surface area contributed by atoms with Crippen molar-refractivity contribution >= 4 is 23.6 Å². The summed E-state index contributed by atoms with van der Waals surface area (Å²) in [5.41, 5.74) is -0.524. The highest BCUT2D eigenvalue weighted by atomic mass is 35.5. The first kappa shape index (κ1) is 22.3. The number of halogens is 2. The first-order chi connectivity index (χ1) is 13.0. The molecule has 156 valence electrons. The maximum Gasteiger partial charge on any atom is 0.410 e. The van der Waals surface area contributed by atoms with Crippen LogP contribution in [0.15, 0.2) is 18.2 Å². The molecule has 0 aliphatic heterocycles. The SMILES string of the molecule is CN(C(=O)OC(C)(C)C)C1CCC(NC(=O)COc2ccc(Cl)c(F)c2)CC1. The standard InChI is InChI=1S/C20H28ClFN2O4/c1-20(2,3)28-19(26)24(4)14-7-5-13(6-8-14)23-18(25)12-27-15-9-10-16(21)17(22)11-15/h9-11,13-14H,5-8,12H2,1-4H3,(H,23,25). The van der Waals surface area contributed by atoms with E-state index in [1.807, 2.05) is 20.8 Å². The summed E-state index contributed by atoms with van der Waals surface area (Å²) in [6.45, 7) is 5.32. The third-order valence-electron chi connectivity index (χ3n) is 4.55. The van der Waals surface area contributed by atoms with E-state index in [0.717, 1.165) is 31.7 Å². The second-order valence-corrected chi connectivity index (χ2v) is 8.44. The molecule has 2 rings (SSSR count). The highest BCUT2D eigenvalue weighted by Crippen LogP contribution is 2.24. The third kappa shape index (κ3) is 6.86. The van der Waals surface area contributed by atoms with Gasteiger partial charge in [0.25, 0.3) is 5.91 Å². The highest BCUT2D eigenvalue weighted by molar-refractivity contribution is 6.30. The molecule has 1 N–H and O–H groups in total. The Morgan fingerprint density at radius 1 is 1.25 bits per heavy atom. The lowest BCUT2D eigenvalue weighted by Crippen LogP contribution is -2.46. The van der Waals surface area contributed by atoms with Gasteiger partial charge in [-0.05, 0) is 58.6 Å². The Bertz CT molecular complexity index is 700. The van der Waals surface area contributed by atoms with Crippen LogP contribution in [-0.2, 0) is 9.53 Å². The lowest BCUT2D eigenvalue weighted by molar-refractivity contribution is -0.124. The van der Waals surface area contributed by atoms with Crippen LogP contribution in [0.2, 0.25) is 5.02 Å². The van der Waals surface area contributed by atoms with Crippen LogP contribution in [0.5, 0.6) is 5.75 Å². The number of benzene rings is 1. The zero-order valence-corrected chi connectivity index (χ0v) is 17.5. The lowest BCUT2D eigenvalue weighted by atomic mass is 9.90. The van der Waals surface area contributed by atoms with Gasteiger partial charge in [0.05, 0.1) is 5.02 Å². The molecule has 2 amide bonds. The van der Waals surface area contributed by atoms with Crippen LogP contribution < -0.4 is 10.1 Å². The van der Waals surface area contributed by atoms with Gasteiger partial charge in [0, 0.05) is 25.2 Å². The maximum atomic E-state index is 13.4. The fraction of sp³-hybridized carbons (Fsp3) is 0.600. The van der Waals surface area contributed by atoms with E-state index in [4.69, 9.17) is 21.1 Å². The molecule has 0 unspecified atom stereocenters. The predicted molar refractivity (Wildman–Crippen MR) is 105 cm³/mol. The second-order valence-electron chi connectivity index (χ2n) is 8.03. The van der Waals surface area contributed by atoms with Crippen LogP contribution in [0.1, 0.15) is 46.5 Å². The van der Waals surface area contributed by atoms with E-state index in [0.29, 0.717) is 0 Å². The number of hydrogen-bond donors (Lipinski definition) is 1. The van der Waals surface area contributed by atoms with Gasteiger partial charge in [0.1, 0.15) is 17.2 Å². The number of amides is 2. The van der Waals surface area contributed by atoms with E-state index < -0.39 is 11.4 Å². The fourth-order valence-electron chi connectivity index (χ4n) is 3.08. The normalized spacial score (nSPS) is 19.6. The van der Waals surface area contributed by atoms with E-state index in [-0.39, 0.29) is 41.5 Å². The average molecular weight is 415 g/mol. The van der Waals surface area contributed by atoms with E-state index in [1.165, 1.54) is 12.1 Å². The van der Waals surface area contributed by atoms with Gasteiger partial charge in [-0.1, -0.05) is 11.6 Å². The average Bonchev–Trinajstić information content (AvgIpc) is 2.61. The van der Waals surface area contributed by atoms with Crippen molar-refractivity contribution in [3.63, 3.8) is 0 Å². The van der Waals surface area contributed by atoms with Crippen LogP contribution in [0.3, 0.4) is 0 Å². The van der Waals surface area contributed by atoms with E-state index in [9.17, 15) is 14.0 Å². The largest absolute Gasteiger partial charge is 0.484 e. The summed E-state index contributed by atoms with van der Waals surface area (Å²) in [6, 6.07) is 4.16. The van der Waals surface area contributed by atoms with Gasteiger partial charge in [0.2, 0.25) is 0 Å². The van der Waals surface area contributed by atoms with E-state index in [1.54, 1.807) is 11.9 Å². The van der Waals surface area contributed by atoms with Gasteiger partial charge in [-0.25, -0.2) is 9.18 Å². The quantitative estimate of drug-likeness (QED) is 0.785. The molecule has 0 atom stereocenters. The van der Waals surface area contributed by atoms with Crippen molar-refractivity contribution in [1.82, 2.24) is 10.2 Å². The number of ether oxygens (including phenoxy) is 2. The first-order valence-corrected chi connectivity index (χ1v) is 9.76. The molecule has 1 aliphatic carbocycles. The summed E-state index contributed by atoms with van der Waals surface area (Å²) < 4.78 is 24.1. The van der Waals surface area contributed by atoms with Crippen LogP contribution in [-0.4, -0.2) is 48.2 Å². The number of carbonyl (C=O) groups excluding carboxylic acids is 2. The van der Waals surface area contributed by atoms with Gasteiger partial charge < -0.3 is 19.7 Å². The van der Waals surface area contributed by atoms with Crippen LogP contribution in [0.25, 0.3) is 0 Å². The molecule has 6 nitrogen and oxygen atoms in total. The molecule has 0 spiro atoms. The van der Waals surface area contributed by atoms with Crippen molar-refractivity contribution in [3.05, 3.63) is 29.0 Å². The molecule has 1 aliphatic rings. The van der Waals surface area contributed by atoms with E-state index in [2.05, 4.69) is 5.32 Å². The summed E-state index contributed by atoms with van der Waals surface area (Å²) in [4.78, 5) is 25.9. The molecule has 1 saturated carbocycles. The summed E-state index contributed by atoms with van der Waals surface area (Å²) in [5, 5.41) is 2.93. The smallest absolute Gasteiger partial charge is 0.410 e. The Labute approximate surface area is 170 Å². The minimum Gasteiger partial charge on any atom is -0.484 e. The molecule has 0 aromatic heterocycles. The second kappa shape index (κ2) is 9.45. The lowest BCUT2D eigenvalue weighted by Gasteiger charge is -2.35. The summed E-state index contributed by atoms with van der Waals surface area (Å²) >= 11 is 5.61. The van der Waals surface area contributed by atoms with Crippen LogP contribution >= 0.6 is 11.6 Å². The van der Waals surface area contributed by atoms with Crippen molar-refractivity contribution in [1.29, 1.82) is 0 Å². The summed E-state index contributed by atoms with van der Waals surface area (Å²) in [5.74, 6) is -0.606. The Kier molecular flexibility index (Phi) is 7.52. The number of carbonyl (C=O) groups is 2. The highest BCUT2D eigenvalue weighted by Gasteiger charge is 2.29. The van der Waals surface area contributed by atoms with Crippen molar-refractivity contribution in [2.45, 2.75) is 64.1 Å². The minimum absolute atomic E-state index is 0.00455. The van der Waals surface area contributed by atoms with Crippen molar-refractivity contribution in [2.75, 3.05) is 13.7 Å². The molecule has 0 heterocycles. The van der Waals surface area contributed by atoms with E-state index >= 15 is 0 Å². The fourth-order valence-corrected chi connectivity index (χ4v) is 3.19. The molecule has 1 fully saturated rings. The van der Waals surface area contributed by atoms with Gasteiger partial charge in [-0.15, -0.1) is 0 Å². The molecule has 0 bridgehead atoms. The number of nitrogens with one attached hydrogen (secondary N) is 1. The summed E-state index contributed by atoms with van der Waals surface area (Å²) in [7, 11) is 1.75. The molecular weight excluding hydrogens is 387 g/mol. The monoisotopic (exact) mass is 414 g/mol. The third-order valence-corrected chi connectivity index (χ3v) is 4.86. The molecule has 1 aromatic rings. The number of hydrogen-bond acceptors (Lipinski definition) is 4. The Morgan fingerprint density at radius 2 is 1.89 bits per heavy atom. The molecule has 1 aromatic carbocycles. The number of rotatable bonds is 5. The Balaban J connectivity index is 1.73.